The van der Waals surface area contributed by atoms with Crippen LogP contribution in [0.15, 0.2) is 48.5 Å². The van der Waals surface area contributed by atoms with Gasteiger partial charge in [0.25, 0.3) is 0 Å². The van der Waals surface area contributed by atoms with Crippen LogP contribution in [0, 0.1) is 29.4 Å². The summed E-state index contributed by atoms with van der Waals surface area (Å²) in [6.07, 6.45) is 1.78. The van der Waals surface area contributed by atoms with Crippen LogP contribution in [0.2, 0.25) is 0 Å². The topological polar surface area (TPSA) is 53.0 Å². The van der Waals surface area contributed by atoms with Gasteiger partial charge in [0.15, 0.2) is 0 Å². The van der Waals surface area contributed by atoms with E-state index in [9.17, 15) is 18.7 Å². The van der Waals surface area contributed by atoms with Gasteiger partial charge in [-0.3, -0.25) is 9.69 Å². The molecule has 2 unspecified atom stereocenters. The average molecular weight is 535 g/mol. The van der Waals surface area contributed by atoms with Gasteiger partial charge >= 0.3 is 0 Å². The molecule has 3 aliphatic heterocycles. The fourth-order valence-corrected chi connectivity index (χ4v) is 6.74. The Hall–Kier alpha value is -2.06. The highest BCUT2D eigenvalue weighted by Crippen LogP contribution is 2.43. The van der Waals surface area contributed by atoms with Crippen LogP contribution < -0.4 is 0 Å². The standard InChI is InChI=1S/C29H36F2N2O3.ClH/c1-19-15-33(16-20(2)29(19,35)21-6-4-3-5-7-21)28(34)26-18-32(23-10-12-36-13-11-23)17-25(26)24-9-8-22(30)14-27(24)31;/h3-9,14,19-20,23,25-26,35H,10-13,15-18H2,1-2H3;1H/t19?,20?,25-,26+,29?;/m0./s1. The van der Waals surface area contributed by atoms with Crippen LogP contribution in [-0.2, 0) is 15.1 Å². The molecule has 5 rings (SSSR count). The van der Waals surface area contributed by atoms with Crippen molar-refractivity contribution >= 4 is 18.3 Å². The number of benzene rings is 2. The molecule has 3 aliphatic rings. The van der Waals surface area contributed by atoms with Crippen LogP contribution in [0.25, 0.3) is 0 Å². The van der Waals surface area contributed by atoms with Crippen molar-refractivity contribution in [1.82, 2.24) is 9.80 Å². The number of ether oxygens (including phenoxy) is 1. The van der Waals surface area contributed by atoms with E-state index in [1.165, 1.54) is 12.1 Å². The molecule has 202 valence electrons. The third kappa shape index (κ3) is 5.29. The van der Waals surface area contributed by atoms with Gasteiger partial charge in [0.1, 0.15) is 11.6 Å². The molecule has 3 heterocycles. The summed E-state index contributed by atoms with van der Waals surface area (Å²) in [5.41, 5.74) is 0.253. The first kappa shape index (κ1) is 28.0. The largest absolute Gasteiger partial charge is 0.384 e. The molecule has 0 bridgehead atoms. The zero-order valence-corrected chi connectivity index (χ0v) is 22.3. The van der Waals surface area contributed by atoms with Gasteiger partial charge in [-0.25, -0.2) is 8.78 Å². The Bertz CT molecular complexity index is 1070. The summed E-state index contributed by atoms with van der Waals surface area (Å²) in [4.78, 5) is 18.2. The van der Waals surface area contributed by atoms with E-state index < -0.39 is 23.2 Å². The van der Waals surface area contributed by atoms with E-state index in [0.717, 1.165) is 24.5 Å². The lowest BCUT2D eigenvalue weighted by molar-refractivity contribution is -0.152. The van der Waals surface area contributed by atoms with Crippen LogP contribution in [-0.4, -0.2) is 66.2 Å². The van der Waals surface area contributed by atoms with Crippen LogP contribution in [0.4, 0.5) is 8.78 Å². The molecule has 8 heteroatoms. The molecule has 5 nitrogen and oxygen atoms in total. The number of hydrogen-bond acceptors (Lipinski definition) is 4. The minimum absolute atomic E-state index is 0. The molecule has 0 aromatic heterocycles. The molecule has 4 atom stereocenters. The highest BCUT2D eigenvalue weighted by molar-refractivity contribution is 5.85. The van der Waals surface area contributed by atoms with Gasteiger partial charge in [-0.1, -0.05) is 50.2 Å². The summed E-state index contributed by atoms with van der Waals surface area (Å²) in [7, 11) is 0. The van der Waals surface area contributed by atoms with Crippen molar-refractivity contribution in [3.05, 3.63) is 71.3 Å². The zero-order chi connectivity index (χ0) is 25.4. The second-order valence-corrected chi connectivity index (χ2v) is 10.9. The predicted octanol–water partition coefficient (Wildman–Crippen LogP) is 4.58. The number of carbonyl (C=O) groups is 1. The number of carbonyl (C=O) groups excluding carboxylic acids is 1. The first-order chi connectivity index (χ1) is 17.3. The maximum atomic E-state index is 14.9. The SMILES string of the molecule is CC1CN(C(=O)[C@@H]2CN(C3CCOCC3)C[C@H]2c2ccc(F)cc2F)CC(C)C1(O)c1ccccc1.Cl. The maximum Gasteiger partial charge on any atom is 0.227 e. The third-order valence-electron chi connectivity index (χ3n) is 8.77. The summed E-state index contributed by atoms with van der Waals surface area (Å²) in [6.45, 7) is 7.33. The Morgan fingerprint density at radius 2 is 1.62 bits per heavy atom. The van der Waals surface area contributed by atoms with Gasteiger partial charge in [0.2, 0.25) is 5.91 Å². The number of likely N-dealkylation sites (tertiary alicyclic amines) is 2. The van der Waals surface area contributed by atoms with Crippen LogP contribution >= 0.6 is 12.4 Å². The monoisotopic (exact) mass is 534 g/mol. The maximum absolute atomic E-state index is 14.9. The highest BCUT2D eigenvalue weighted by atomic mass is 35.5. The fraction of sp³-hybridized carbons (Fsp3) is 0.552. The number of piperidine rings is 1. The second-order valence-electron chi connectivity index (χ2n) is 10.9. The molecule has 2 aromatic carbocycles. The highest BCUT2D eigenvalue weighted by Gasteiger charge is 2.49. The van der Waals surface area contributed by atoms with E-state index in [-0.39, 0.29) is 36.1 Å². The van der Waals surface area contributed by atoms with Crippen molar-refractivity contribution in [3.63, 3.8) is 0 Å². The Balaban J connectivity index is 0.00000320. The Morgan fingerprint density at radius 3 is 2.24 bits per heavy atom. The molecule has 1 N–H and O–H groups in total. The summed E-state index contributed by atoms with van der Waals surface area (Å²) < 4.78 is 34.1. The lowest BCUT2D eigenvalue weighted by Gasteiger charge is -2.48. The number of amides is 1. The Morgan fingerprint density at radius 1 is 0.973 bits per heavy atom. The molecule has 37 heavy (non-hydrogen) atoms. The molecule has 3 fully saturated rings. The Kier molecular flexibility index (Phi) is 8.58. The van der Waals surface area contributed by atoms with Crippen molar-refractivity contribution in [2.75, 3.05) is 39.4 Å². The first-order valence-corrected chi connectivity index (χ1v) is 13.1. The quantitative estimate of drug-likeness (QED) is 0.624. The van der Waals surface area contributed by atoms with Gasteiger partial charge in [-0.2, -0.15) is 0 Å². The van der Waals surface area contributed by atoms with Crippen molar-refractivity contribution in [1.29, 1.82) is 0 Å². The molecule has 1 amide bonds. The van der Waals surface area contributed by atoms with E-state index in [1.807, 2.05) is 49.1 Å². The van der Waals surface area contributed by atoms with Crippen molar-refractivity contribution in [2.24, 2.45) is 17.8 Å². The normalized spacial score (nSPS) is 31.2. The zero-order valence-electron chi connectivity index (χ0n) is 21.5. The van der Waals surface area contributed by atoms with Crippen molar-refractivity contribution < 1.29 is 23.4 Å². The smallest absolute Gasteiger partial charge is 0.227 e. The lowest BCUT2D eigenvalue weighted by atomic mass is 9.70. The summed E-state index contributed by atoms with van der Waals surface area (Å²) in [5.74, 6) is -2.31. The van der Waals surface area contributed by atoms with Gasteiger partial charge < -0.3 is 14.7 Å². The molecule has 0 saturated carbocycles. The van der Waals surface area contributed by atoms with Crippen LogP contribution in [0.5, 0.6) is 0 Å². The molecule has 3 saturated heterocycles. The van der Waals surface area contributed by atoms with Gasteiger partial charge in [0.05, 0.1) is 11.5 Å². The Labute approximate surface area is 224 Å². The number of aliphatic hydroxyl groups is 1. The van der Waals surface area contributed by atoms with E-state index in [4.69, 9.17) is 4.74 Å². The van der Waals surface area contributed by atoms with Crippen molar-refractivity contribution in [2.45, 2.75) is 44.2 Å². The minimum Gasteiger partial charge on any atom is -0.384 e. The summed E-state index contributed by atoms with van der Waals surface area (Å²) in [5, 5.41) is 11.7. The second kappa shape index (κ2) is 11.4. The lowest BCUT2D eigenvalue weighted by Crippen LogP contribution is -2.57. The van der Waals surface area contributed by atoms with Crippen molar-refractivity contribution in [3.8, 4) is 0 Å². The first-order valence-electron chi connectivity index (χ1n) is 13.1. The number of nitrogens with zero attached hydrogens (tertiary/aromatic N) is 2. The molecule has 2 aromatic rings. The molecular formula is C29H37ClF2N2O3. The molecule has 0 aliphatic carbocycles. The van der Waals surface area contributed by atoms with E-state index in [0.29, 0.717) is 51.0 Å². The van der Waals surface area contributed by atoms with E-state index in [2.05, 4.69) is 4.90 Å². The van der Waals surface area contributed by atoms with Gasteiger partial charge in [-0.05, 0) is 30.0 Å². The van der Waals surface area contributed by atoms with Gasteiger partial charge in [-0.15, -0.1) is 12.4 Å². The molecule has 0 spiro atoms. The number of hydrogen-bond donors (Lipinski definition) is 1. The van der Waals surface area contributed by atoms with E-state index in [1.54, 1.807) is 0 Å². The molecule has 0 radical (unpaired) electrons. The summed E-state index contributed by atoms with van der Waals surface area (Å²) in [6, 6.07) is 13.7. The van der Waals surface area contributed by atoms with Gasteiger partial charge in [0, 0.05) is 69.3 Å². The van der Waals surface area contributed by atoms with Crippen LogP contribution in [0.3, 0.4) is 0 Å². The number of halogens is 3. The third-order valence-corrected chi connectivity index (χ3v) is 8.77. The fourth-order valence-electron chi connectivity index (χ4n) is 6.74. The number of rotatable bonds is 4. The summed E-state index contributed by atoms with van der Waals surface area (Å²) >= 11 is 0. The molecular weight excluding hydrogens is 498 g/mol. The van der Waals surface area contributed by atoms with Crippen LogP contribution in [0.1, 0.15) is 43.7 Å². The minimum atomic E-state index is -1.02. The van der Waals surface area contributed by atoms with E-state index >= 15 is 0 Å². The predicted molar refractivity (Wildman–Crippen MR) is 140 cm³/mol. The average Bonchev–Trinajstić information content (AvgIpc) is 3.32.